The molecule has 2 rings (SSSR count). The molecular weight excluding hydrogens is 352 g/mol. The van der Waals surface area contributed by atoms with Crippen LogP contribution in [0.3, 0.4) is 0 Å². The summed E-state index contributed by atoms with van der Waals surface area (Å²) in [6.45, 7) is 2.24. The summed E-state index contributed by atoms with van der Waals surface area (Å²) in [6.07, 6.45) is 1.24. The van der Waals surface area contributed by atoms with Crippen LogP contribution in [0, 0.1) is 6.92 Å². The maximum Gasteiger partial charge on any atom is 0.313 e. The lowest BCUT2D eigenvalue weighted by molar-refractivity contribution is -0.136. The van der Waals surface area contributed by atoms with E-state index < -0.39 is 11.8 Å². The number of rotatable bonds is 7. The summed E-state index contributed by atoms with van der Waals surface area (Å²) in [6, 6.07) is 14.9. The van der Waals surface area contributed by atoms with Crippen molar-refractivity contribution < 1.29 is 14.7 Å². The standard InChI is InChI=1S/C20H23ClN2O3/c1-14-7-8-17(21)13-18(14)23-20(26)19(25)22-11-9-16(10-12-24)15-5-3-2-4-6-15/h2-8,13,16,24H,9-12H2,1H3,(H,22,25)(H,23,26). The molecule has 0 radical (unpaired) electrons. The Balaban J connectivity index is 1.87. The van der Waals surface area contributed by atoms with Gasteiger partial charge in [0.25, 0.3) is 0 Å². The molecule has 0 bridgehead atoms. The molecule has 0 aliphatic carbocycles. The Morgan fingerprint density at radius 1 is 1.08 bits per heavy atom. The number of aryl methyl sites for hydroxylation is 1. The first-order chi connectivity index (χ1) is 12.5. The third kappa shape index (κ3) is 5.86. The Morgan fingerprint density at radius 2 is 1.81 bits per heavy atom. The van der Waals surface area contributed by atoms with Gasteiger partial charge in [0.1, 0.15) is 0 Å². The van der Waals surface area contributed by atoms with Gasteiger partial charge in [0.2, 0.25) is 0 Å². The number of aliphatic hydroxyl groups is 1. The fourth-order valence-corrected chi connectivity index (χ4v) is 2.88. The quantitative estimate of drug-likeness (QED) is 0.651. The number of nitrogens with one attached hydrogen (secondary N) is 2. The molecule has 2 aromatic rings. The highest BCUT2D eigenvalue weighted by atomic mass is 35.5. The van der Waals surface area contributed by atoms with E-state index in [1.807, 2.05) is 37.3 Å². The predicted molar refractivity (Wildman–Crippen MR) is 103 cm³/mol. The summed E-state index contributed by atoms with van der Waals surface area (Å²) < 4.78 is 0. The van der Waals surface area contributed by atoms with E-state index in [-0.39, 0.29) is 12.5 Å². The SMILES string of the molecule is Cc1ccc(Cl)cc1NC(=O)C(=O)NCCC(CCO)c1ccccc1. The third-order valence-corrected chi connectivity index (χ3v) is 4.42. The number of aliphatic hydroxyl groups excluding tert-OH is 1. The van der Waals surface area contributed by atoms with Crippen LogP contribution in [-0.4, -0.2) is 30.1 Å². The van der Waals surface area contributed by atoms with Gasteiger partial charge in [-0.05, 0) is 48.9 Å². The average molecular weight is 375 g/mol. The second kappa shape index (κ2) is 9.94. The molecule has 0 aliphatic heterocycles. The summed E-state index contributed by atoms with van der Waals surface area (Å²) in [5.74, 6) is -1.30. The first-order valence-corrected chi connectivity index (χ1v) is 8.90. The van der Waals surface area contributed by atoms with E-state index in [9.17, 15) is 14.7 Å². The van der Waals surface area contributed by atoms with Crippen molar-refractivity contribution >= 4 is 29.1 Å². The van der Waals surface area contributed by atoms with Crippen LogP contribution in [0.25, 0.3) is 0 Å². The molecule has 0 saturated carbocycles. The van der Waals surface area contributed by atoms with Crippen molar-refractivity contribution in [2.45, 2.75) is 25.7 Å². The van der Waals surface area contributed by atoms with Gasteiger partial charge in [0, 0.05) is 23.9 Å². The van der Waals surface area contributed by atoms with Gasteiger partial charge in [-0.1, -0.05) is 48.0 Å². The van der Waals surface area contributed by atoms with E-state index in [0.29, 0.717) is 30.1 Å². The third-order valence-electron chi connectivity index (χ3n) is 4.18. The van der Waals surface area contributed by atoms with Gasteiger partial charge in [-0.15, -0.1) is 0 Å². The topological polar surface area (TPSA) is 78.4 Å². The number of halogens is 1. The second-order valence-electron chi connectivity index (χ2n) is 6.08. The zero-order valence-corrected chi connectivity index (χ0v) is 15.4. The van der Waals surface area contributed by atoms with E-state index in [1.54, 1.807) is 18.2 Å². The molecule has 26 heavy (non-hydrogen) atoms. The number of anilines is 1. The molecular formula is C20H23ClN2O3. The molecule has 2 aromatic carbocycles. The minimum Gasteiger partial charge on any atom is -0.396 e. The highest BCUT2D eigenvalue weighted by Gasteiger charge is 2.16. The number of amides is 2. The number of carbonyl (C=O) groups excluding carboxylic acids is 2. The lowest BCUT2D eigenvalue weighted by atomic mass is 9.93. The summed E-state index contributed by atoms with van der Waals surface area (Å²) in [7, 11) is 0. The molecule has 0 aliphatic rings. The molecule has 138 valence electrons. The molecule has 0 spiro atoms. The van der Waals surface area contributed by atoms with E-state index in [1.165, 1.54) is 0 Å². The van der Waals surface area contributed by atoms with Crippen molar-refractivity contribution in [2.24, 2.45) is 0 Å². The molecule has 0 saturated heterocycles. The fourth-order valence-electron chi connectivity index (χ4n) is 2.71. The lowest BCUT2D eigenvalue weighted by Gasteiger charge is -2.16. The van der Waals surface area contributed by atoms with Gasteiger partial charge in [-0.2, -0.15) is 0 Å². The summed E-state index contributed by atoms with van der Waals surface area (Å²) in [5, 5.41) is 14.9. The highest BCUT2D eigenvalue weighted by molar-refractivity contribution is 6.40. The van der Waals surface area contributed by atoms with Gasteiger partial charge in [0.15, 0.2) is 0 Å². The van der Waals surface area contributed by atoms with Gasteiger partial charge in [-0.3, -0.25) is 9.59 Å². The van der Waals surface area contributed by atoms with Crippen LogP contribution >= 0.6 is 11.6 Å². The largest absolute Gasteiger partial charge is 0.396 e. The lowest BCUT2D eigenvalue weighted by Crippen LogP contribution is -2.36. The second-order valence-corrected chi connectivity index (χ2v) is 6.51. The highest BCUT2D eigenvalue weighted by Crippen LogP contribution is 2.22. The predicted octanol–water partition coefficient (Wildman–Crippen LogP) is 3.26. The molecule has 5 nitrogen and oxygen atoms in total. The van der Waals surface area contributed by atoms with Gasteiger partial charge >= 0.3 is 11.8 Å². The van der Waals surface area contributed by atoms with Crippen molar-refractivity contribution in [3.63, 3.8) is 0 Å². The van der Waals surface area contributed by atoms with Gasteiger partial charge in [-0.25, -0.2) is 0 Å². The molecule has 1 atom stereocenters. The molecule has 2 amide bonds. The summed E-state index contributed by atoms with van der Waals surface area (Å²) in [4.78, 5) is 24.1. The Kier molecular flexibility index (Phi) is 7.63. The fraction of sp³-hybridized carbons (Fsp3) is 0.300. The van der Waals surface area contributed by atoms with Gasteiger partial charge in [0.05, 0.1) is 0 Å². The number of carbonyl (C=O) groups is 2. The minimum atomic E-state index is -0.728. The Bertz CT molecular complexity index is 750. The first-order valence-electron chi connectivity index (χ1n) is 8.52. The first kappa shape index (κ1) is 19.9. The van der Waals surface area contributed by atoms with Crippen molar-refractivity contribution in [1.82, 2.24) is 5.32 Å². The Morgan fingerprint density at radius 3 is 2.50 bits per heavy atom. The zero-order chi connectivity index (χ0) is 18.9. The maximum absolute atomic E-state index is 12.0. The number of hydrogen-bond donors (Lipinski definition) is 3. The van der Waals surface area contributed by atoms with Crippen LogP contribution in [-0.2, 0) is 9.59 Å². The molecule has 6 heteroatoms. The van der Waals surface area contributed by atoms with Crippen LogP contribution < -0.4 is 10.6 Å². The van der Waals surface area contributed by atoms with E-state index in [4.69, 9.17) is 11.6 Å². The number of benzene rings is 2. The number of hydrogen-bond acceptors (Lipinski definition) is 3. The summed E-state index contributed by atoms with van der Waals surface area (Å²) >= 11 is 5.91. The minimum absolute atomic E-state index is 0.0715. The van der Waals surface area contributed by atoms with Crippen LogP contribution in [0.15, 0.2) is 48.5 Å². The van der Waals surface area contributed by atoms with Crippen LogP contribution in [0.5, 0.6) is 0 Å². The smallest absolute Gasteiger partial charge is 0.313 e. The molecule has 0 aromatic heterocycles. The molecule has 3 N–H and O–H groups in total. The zero-order valence-electron chi connectivity index (χ0n) is 14.7. The molecule has 0 fully saturated rings. The van der Waals surface area contributed by atoms with E-state index in [2.05, 4.69) is 10.6 Å². The van der Waals surface area contributed by atoms with Crippen LogP contribution in [0.2, 0.25) is 5.02 Å². The van der Waals surface area contributed by atoms with Crippen molar-refractivity contribution in [2.75, 3.05) is 18.5 Å². The van der Waals surface area contributed by atoms with Crippen LogP contribution in [0.1, 0.15) is 29.9 Å². The van der Waals surface area contributed by atoms with Gasteiger partial charge < -0.3 is 15.7 Å². The monoisotopic (exact) mass is 374 g/mol. The molecule has 1 unspecified atom stereocenters. The maximum atomic E-state index is 12.0. The Labute approximate surface area is 158 Å². The normalized spacial score (nSPS) is 11.7. The summed E-state index contributed by atoms with van der Waals surface area (Å²) in [5.41, 5.74) is 2.44. The van der Waals surface area contributed by atoms with Crippen molar-refractivity contribution in [3.8, 4) is 0 Å². The molecule has 0 heterocycles. The van der Waals surface area contributed by atoms with E-state index >= 15 is 0 Å². The Hall–Kier alpha value is -2.37. The average Bonchev–Trinajstić information content (AvgIpc) is 2.64. The van der Waals surface area contributed by atoms with Crippen LogP contribution in [0.4, 0.5) is 5.69 Å². The van der Waals surface area contributed by atoms with Crippen molar-refractivity contribution in [1.29, 1.82) is 0 Å². The van der Waals surface area contributed by atoms with Crippen molar-refractivity contribution in [3.05, 3.63) is 64.7 Å². The van der Waals surface area contributed by atoms with E-state index in [0.717, 1.165) is 11.1 Å².